The van der Waals surface area contributed by atoms with Gasteiger partial charge < -0.3 is 15.7 Å². The zero-order valence-electron chi connectivity index (χ0n) is 10.9. The molecule has 0 bridgehead atoms. The van der Waals surface area contributed by atoms with Crippen molar-refractivity contribution in [3.05, 3.63) is 29.6 Å². The highest BCUT2D eigenvalue weighted by Gasteiger charge is 2.11. The summed E-state index contributed by atoms with van der Waals surface area (Å²) in [5, 5.41) is 13.5. The van der Waals surface area contributed by atoms with Crippen LogP contribution in [0.1, 0.15) is 18.9 Å². The lowest BCUT2D eigenvalue weighted by molar-refractivity contribution is -0.141. The van der Waals surface area contributed by atoms with Crippen molar-refractivity contribution < 1.29 is 19.1 Å². The summed E-state index contributed by atoms with van der Waals surface area (Å²) in [6, 6.07) is 3.85. The van der Waals surface area contributed by atoms with Crippen molar-refractivity contribution in [1.29, 1.82) is 0 Å². The number of nitrogens with one attached hydrogen (secondary N) is 2. The van der Waals surface area contributed by atoms with E-state index in [1.54, 1.807) is 19.9 Å². The van der Waals surface area contributed by atoms with E-state index in [1.165, 1.54) is 12.1 Å². The SMILES string of the molecule is Cc1ccc(F)c(NC(=O)NCCC(C)C(=O)O)c1. The van der Waals surface area contributed by atoms with Gasteiger partial charge in [0.15, 0.2) is 0 Å². The maximum absolute atomic E-state index is 13.4. The van der Waals surface area contributed by atoms with Gasteiger partial charge in [0.2, 0.25) is 0 Å². The number of aryl methyl sites for hydroxylation is 1. The first-order valence-corrected chi connectivity index (χ1v) is 5.94. The fourth-order valence-electron chi connectivity index (χ4n) is 1.43. The van der Waals surface area contributed by atoms with E-state index >= 15 is 0 Å². The molecular formula is C13H17FN2O3. The number of carboxylic acid groups (broad SMARTS) is 1. The van der Waals surface area contributed by atoms with Crippen molar-refractivity contribution in [3.63, 3.8) is 0 Å². The van der Waals surface area contributed by atoms with Gasteiger partial charge in [-0.15, -0.1) is 0 Å². The summed E-state index contributed by atoms with van der Waals surface area (Å²) in [7, 11) is 0. The summed E-state index contributed by atoms with van der Waals surface area (Å²) < 4.78 is 13.4. The molecule has 0 aromatic heterocycles. The van der Waals surface area contributed by atoms with Crippen LogP contribution in [0.3, 0.4) is 0 Å². The summed E-state index contributed by atoms with van der Waals surface area (Å²) in [5.74, 6) is -1.96. The highest BCUT2D eigenvalue weighted by atomic mass is 19.1. The number of amides is 2. The third-order valence-electron chi connectivity index (χ3n) is 2.65. The third-order valence-corrected chi connectivity index (χ3v) is 2.65. The van der Waals surface area contributed by atoms with Gasteiger partial charge in [-0.05, 0) is 31.0 Å². The normalized spacial score (nSPS) is 11.7. The highest BCUT2D eigenvalue weighted by molar-refractivity contribution is 5.89. The summed E-state index contributed by atoms with van der Waals surface area (Å²) in [6.07, 6.45) is 0.319. The van der Waals surface area contributed by atoms with Crippen molar-refractivity contribution in [2.75, 3.05) is 11.9 Å². The largest absolute Gasteiger partial charge is 0.481 e. The first-order valence-electron chi connectivity index (χ1n) is 5.94. The van der Waals surface area contributed by atoms with Crippen LogP contribution in [0.25, 0.3) is 0 Å². The van der Waals surface area contributed by atoms with Gasteiger partial charge in [0.25, 0.3) is 0 Å². The van der Waals surface area contributed by atoms with E-state index in [9.17, 15) is 14.0 Å². The number of hydrogen-bond acceptors (Lipinski definition) is 2. The standard InChI is InChI=1S/C13H17FN2O3/c1-8-3-4-10(14)11(7-8)16-13(19)15-6-5-9(2)12(17)18/h3-4,7,9H,5-6H2,1-2H3,(H,17,18)(H2,15,16,19). The van der Waals surface area contributed by atoms with E-state index in [0.29, 0.717) is 6.42 Å². The van der Waals surface area contributed by atoms with Crippen molar-refractivity contribution in [2.45, 2.75) is 20.3 Å². The maximum atomic E-state index is 13.4. The Hall–Kier alpha value is -2.11. The van der Waals surface area contributed by atoms with Crippen molar-refractivity contribution >= 4 is 17.7 Å². The quantitative estimate of drug-likeness (QED) is 0.767. The molecule has 104 valence electrons. The molecule has 5 nitrogen and oxygen atoms in total. The molecule has 0 saturated carbocycles. The van der Waals surface area contributed by atoms with Crippen LogP contribution in [0.15, 0.2) is 18.2 Å². The fraction of sp³-hybridized carbons (Fsp3) is 0.385. The summed E-state index contributed by atoms with van der Waals surface area (Å²) >= 11 is 0. The lowest BCUT2D eigenvalue weighted by Crippen LogP contribution is -2.31. The predicted molar refractivity (Wildman–Crippen MR) is 69.6 cm³/mol. The molecule has 1 atom stereocenters. The minimum absolute atomic E-state index is 0.101. The molecule has 0 aliphatic heterocycles. The van der Waals surface area contributed by atoms with Gasteiger partial charge in [0.05, 0.1) is 11.6 Å². The van der Waals surface area contributed by atoms with Gasteiger partial charge in [-0.25, -0.2) is 9.18 Å². The second-order valence-corrected chi connectivity index (χ2v) is 4.39. The Morgan fingerprint density at radius 3 is 2.74 bits per heavy atom. The highest BCUT2D eigenvalue weighted by Crippen LogP contribution is 2.15. The maximum Gasteiger partial charge on any atom is 0.319 e. The molecule has 1 unspecified atom stereocenters. The Morgan fingerprint density at radius 2 is 2.11 bits per heavy atom. The molecule has 6 heteroatoms. The summed E-state index contributed by atoms with van der Waals surface area (Å²) in [4.78, 5) is 22.1. The zero-order valence-corrected chi connectivity index (χ0v) is 10.9. The Morgan fingerprint density at radius 1 is 1.42 bits per heavy atom. The van der Waals surface area contributed by atoms with Crippen LogP contribution >= 0.6 is 0 Å². The van der Waals surface area contributed by atoms with Crippen LogP contribution in [0.5, 0.6) is 0 Å². The molecule has 0 heterocycles. The van der Waals surface area contributed by atoms with Gasteiger partial charge in [-0.1, -0.05) is 13.0 Å². The molecule has 1 aromatic carbocycles. The van der Waals surface area contributed by atoms with Crippen LogP contribution in [0.2, 0.25) is 0 Å². The average molecular weight is 268 g/mol. The van der Waals surface area contributed by atoms with Crippen molar-refractivity contribution in [2.24, 2.45) is 5.92 Å². The van der Waals surface area contributed by atoms with E-state index in [0.717, 1.165) is 5.56 Å². The lowest BCUT2D eigenvalue weighted by Gasteiger charge is -2.10. The Balaban J connectivity index is 2.43. The topological polar surface area (TPSA) is 78.4 Å². The van der Waals surface area contributed by atoms with E-state index in [1.807, 2.05) is 0 Å². The second-order valence-electron chi connectivity index (χ2n) is 4.39. The number of carboxylic acids is 1. The lowest BCUT2D eigenvalue weighted by atomic mass is 10.1. The Kier molecular flexibility index (Phi) is 5.29. The minimum atomic E-state index is -0.910. The molecule has 0 saturated heterocycles. The van der Waals surface area contributed by atoms with E-state index in [2.05, 4.69) is 10.6 Å². The summed E-state index contributed by atoms with van der Waals surface area (Å²) in [6.45, 7) is 3.56. The fourth-order valence-corrected chi connectivity index (χ4v) is 1.43. The smallest absolute Gasteiger partial charge is 0.319 e. The van der Waals surface area contributed by atoms with E-state index in [-0.39, 0.29) is 12.2 Å². The van der Waals surface area contributed by atoms with Crippen LogP contribution in [-0.4, -0.2) is 23.7 Å². The van der Waals surface area contributed by atoms with Crippen LogP contribution in [0, 0.1) is 18.7 Å². The molecule has 19 heavy (non-hydrogen) atoms. The molecule has 0 radical (unpaired) electrons. The van der Waals surface area contributed by atoms with Crippen LogP contribution < -0.4 is 10.6 Å². The molecule has 0 fully saturated rings. The van der Waals surface area contributed by atoms with Crippen molar-refractivity contribution in [3.8, 4) is 0 Å². The zero-order chi connectivity index (χ0) is 14.4. The van der Waals surface area contributed by atoms with Crippen LogP contribution in [0.4, 0.5) is 14.9 Å². The Bertz CT molecular complexity index is 477. The van der Waals surface area contributed by atoms with Gasteiger partial charge in [0.1, 0.15) is 5.82 Å². The van der Waals surface area contributed by atoms with E-state index < -0.39 is 23.7 Å². The summed E-state index contributed by atoms with van der Waals surface area (Å²) in [5.41, 5.74) is 0.931. The molecule has 2 amide bonds. The number of carbonyl (C=O) groups excluding carboxylic acids is 1. The number of anilines is 1. The number of rotatable bonds is 5. The van der Waals surface area contributed by atoms with Gasteiger partial charge >= 0.3 is 12.0 Å². The number of carbonyl (C=O) groups is 2. The molecule has 0 aliphatic carbocycles. The number of urea groups is 1. The molecule has 1 rings (SSSR count). The number of hydrogen-bond donors (Lipinski definition) is 3. The van der Waals surface area contributed by atoms with Gasteiger partial charge in [-0.2, -0.15) is 0 Å². The number of benzene rings is 1. The predicted octanol–water partition coefficient (Wildman–Crippen LogP) is 2.37. The van der Waals surface area contributed by atoms with Gasteiger partial charge in [-0.3, -0.25) is 4.79 Å². The van der Waals surface area contributed by atoms with Crippen LogP contribution in [-0.2, 0) is 4.79 Å². The molecule has 0 aliphatic rings. The first kappa shape index (κ1) is 14.9. The average Bonchev–Trinajstić information content (AvgIpc) is 2.33. The molecule has 1 aromatic rings. The number of aliphatic carboxylic acids is 1. The van der Waals surface area contributed by atoms with E-state index in [4.69, 9.17) is 5.11 Å². The third kappa shape index (κ3) is 4.95. The first-order chi connectivity index (χ1) is 8.90. The second kappa shape index (κ2) is 6.72. The van der Waals surface area contributed by atoms with Crippen molar-refractivity contribution in [1.82, 2.24) is 5.32 Å². The number of halogens is 1. The molecule has 3 N–H and O–H groups in total. The minimum Gasteiger partial charge on any atom is -0.481 e. The molecule has 0 spiro atoms. The monoisotopic (exact) mass is 268 g/mol. The molecular weight excluding hydrogens is 251 g/mol. The Labute approximate surface area is 110 Å². The van der Waals surface area contributed by atoms with Gasteiger partial charge in [0, 0.05) is 6.54 Å².